The van der Waals surface area contributed by atoms with Crippen molar-refractivity contribution in [3.63, 3.8) is 0 Å². The number of hydrogen-bond acceptors (Lipinski definition) is 2. The highest BCUT2D eigenvalue weighted by Crippen LogP contribution is 2.22. The molecule has 1 amide bonds. The summed E-state index contributed by atoms with van der Waals surface area (Å²) < 4.78 is 0. The third-order valence-electron chi connectivity index (χ3n) is 2.87. The van der Waals surface area contributed by atoms with Gasteiger partial charge in [0.25, 0.3) is 5.91 Å². The molecule has 0 spiro atoms. The molecule has 0 atom stereocenters. The van der Waals surface area contributed by atoms with Gasteiger partial charge in [0.05, 0.1) is 11.3 Å². The van der Waals surface area contributed by atoms with Crippen molar-refractivity contribution in [3.8, 4) is 0 Å². The zero-order valence-electron chi connectivity index (χ0n) is 10.7. The molecule has 0 fully saturated rings. The lowest BCUT2D eigenvalue weighted by Crippen LogP contribution is -2.27. The van der Waals surface area contributed by atoms with E-state index in [0.29, 0.717) is 16.3 Å². The van der Waals surface area contributed by atoms with E-state index in [-0.39, 0.29) is 11.5 Å². The number of hydrogen-bond donors (Lipinski definition) is 1. The third-order valence-corrected chi connectivity index (χ3v) is 3.11. The molecule has 0 unspecified atom stereocenters. The maximum Gasteiger partial charge on any atom is 0.337 e. The van der Waals surface area contributed by atoms with Crippen LogP contribution >= 0.6 is 11.6 Å². The Kier molecular flexibility index (Phi) is 4.05. The number of aromatic carboxylic acids is 1. The van der Waals surface area contributed by atoms with E-state index in [1.165, 1.54) is 18.0 Å². The highest BCUT2D eigenvalue weighted by atomic mass is 35.5. The lowest BCUT2D eigenvalue weighted by Gasteiger charge is -2.19. The van der Waals surface area contributed by atoms with Gasteiger partial charge in [-0.3, -0.25) is 4.79 Å². The fourth-order valence-corrected chi connectivity index (χ4v) is 2.06. The van der Waals surface area contributed by atoms with Crippen molar-refractivity contribution in [2.75, 3.05) is 11.9 Å². The number of anilines is 1. The second kappa shape index (κ2) is 5.75. The SMILES string of the molecule is CN(C(=O)c1cccc(Cl)c1)c1ccccc1C(=O)O. The van der Waals surface area contributed by atoms with Gasteiger partial charge in [0.15, 0.2) is 0 Å². The predicted octanol–water partition coefficient (Wildman–Crippen LogP) is 3.31. The van der Waals surface area contributed by atoms with E-state index in [1.807, 2.05) is 0 Å². The molecule has 0 bridgehead atoms. The zero-order valence-corrected chi connectivity index (χ0v) is 11.5. The fraction of sp³-hybridized carbons (Fsp3) is 0.0667. The van der Waals surface area contributed by atoms with Gasteiger partial charge < -0.3 is 10.0 Å². The van der Waals surface area contributed by atoms with E-state index < -0.39 is 5.97 Å². The maximum absolute atomic E-state index is 12.3. The molecule has 2 aromatic rings. The highest BCUT2D eigenvalue weighted by Gasteiger charge is 2.19. The number of carboxylic acid groups (broad SMARTS) is 1. The first-order valence-electron chi connectivity index (χ1n) is 5.86. The summed E-state index contributed by atoms with van der Waals surface area (Å²) in [4.78, 5) is 24.8. The Hall–Kier alpha value is -2.33. The van der Waals surface area contributed by atoms with Crippen LogP contribution in [-0.4, -0.2) is 24.0 Å². The van der Waals surface area contributed by atoms with Gasteiger partial charge >= 0.3 is 5.97 Å². The van der Waals surface area contributed by atoms with Crippen molar-refractivity contribution in [2.24, 2.45) is 0 Å². The number of amides is 1. The van der Waals surface area contributed by atoms with E-state index in [0.717, 1.165) is 0 Å². The van der Waals surface area contributed by atoms with Crippen LogP contribution in [0.25, 0.3) is 0 Å². The Labute approximate surface area is 121 Å². The van der Waals surface area contributed by atoms with Crippen molar-refractivity contribution in [3.05, 3.63) is 64.7 Å². The molecule has 0 saturated carbocycles. The number of para-hydroxylation sites is 1. The third kappa shape index (κ3) is 2.81. The Morgan fingerprint density at radius 2 is 1.80 bits per heavy atom. The number of nitrogens with zero attached hydrogens (tertiary/aromatic N) is 1. The van der Waals surface area contributed by atoms with Crippen LogP contribution in [0.3, 0.4) is 0 Å². The fourth-order valence-electron chi connectivity index (χ4n) is 1.87. The molecule has 0 aliphatic carbocycles. The number of halogens is 1. The van der Waals surface area contributed by atoms with Crippen molar-refractivity contribution in [2.45, 2.75) is 0 Å². The van der Waals surface area contributed by atoms with Gasteiger partial charge in [0.1, 0.15) is 0 Å². The predicted molar refractivity (Wildman–Crippen MR) is 77.6 cm³/mol. The van der Waals surface area contributed by atoms with Gasteiger partial charge in [-0.1, -0.05) is 29.8 Å². The van der Waals surface area contributed by atoms with Crippen LogP contribution in [0.4, 0.5) is 5.69 Å². The van der Waals surface area contributed by atoms with E-state index >= 15 is 0 Å². The quantitative estimate of drug-likeness (QED) is 0.943. The van der Waals surface area contributed by atoms with Crippen molar-refractivity contribution >= 4 is 29.2 Å². The van der Waals surface area contributed by atoms with E-state index in [9.17, 15) is 9.59 Å². The average molecular weight is 290 g/mol. The molecule has 20 heavy (non-hydrogen) atoms. The number of carbonyl (C=O) groups excluding carboxylic acids is 1. The molecular formula is C15H12ClNO3. The molecule has 4 nitrogen and oxygen atoms in total. The first kappa shape index (κ1) is 14.1. The van der Waals surface area contributed by atoms with E-state index in [4.69, 9.17) is 16.7 Å². The molecule has 0 aliphatic rings. The van der Waals surface area contributed by atoms with Gasteiger partial charge in [-0.25, -0.2) is 4.79 Å². The van der Waals surface area contributed by atoms with E-state index in [2.05, 4.69) is 0 Å². The lowest BCUT2D eigenvalue weighted by atomic mass is 10.1. The minimum atomic E-state index is -1.08. The Morgan fingerprint density at radius 1 is 1.10 bits per heavy atom. The molecule has 1 N–H and O–H groups in total. The largest absolute Gasteiger partial charge is 0.478 e. The molecule has 0 radical (unpaired) electrons. The number of benzene rings is 2. The summed E-state index contributed by atoms with van der Waals surface area (Å²) in [6, 6.07) is 12.9. The average Bonchev–Trinajstić information content (AvgIpc) is 2.45. The Bertz CT molecular complexity index is 670. The topological polar surface area (TPSA) is 57.6 Å². The van der Waals surface area contributed by atoms with Crippen molar-refractivity contribution < 1.29 is 14.7 Å². The van der Waals surface area contributed by atoms with Crippen LogP contribution in [0, 0.1) is 0 Å². The minimum Gasteiger partial charge on any atom is -0.478 e. The first-order chi connectivity index (χ1) is 9.50. The van der Waals surface area contributed by atoms with Crippen LogP contribution in [0.2, 0.25) is 5.02 Å². The number of carbonyl (C=O) groups is 2. The summed E-state index contributed by atoms with van der Waals surface area (Å²) in [5, 5.41) is 9.61. The van der Waals surface area contributed by atoms with Crippen molar-refractivity contribution in [1.82, 2.24) is 0 Å². The van der Waals surface area contributed by atoms with Gasteiger partial charge in [-0.05, 0) is 30.3 Å². The Morgan fingerprint density at radius 3 is 2.45 bits per heavy atom. The van der Waals surface area contributed by atoms with Crippen LogP contribution in [0.1, 0.15) is 20.7 Å². The normalized spacial score (nSPS) is 10.1. The van der Waals surface area contributed by atoms with Crippen LogP contribution < -0.4 is 4.90 Å². The Balaban J connectivity index is 2.39. The monoisotopic (exact) mass is 289 g/mol. The van der Waals surface area contributed by atoms with Crippen LogP contribution in [-0.2, 0) is 0 Å². The lowest BCUT2D eigenvalue weighted by molar-refractivity contribution is 0.0697. The molecule has 0 saturated heterocycles. The van der Waals surface area contributed by atoms with E-state index in [1.54, 1.807) is 42.5 Å². The summed E-state index contributed by atoms with van der Waals surface area (Å²) >= 11 is 5.86. The summed E-state index contributed by atoms with van der Waals surface area (Å²) in [5.41, 5.74) is 0.815. The maximum atomic E-state index is 12.3. The molecule has 0 aliphatic heterocycles. The summed E-state index contributed by atoms with van der Waals surface area (Å²) in [6.07, 6.45) is 0. The highest BCUT2D eigenvalue weighted by molar-refractivity contribution is 6.31. The van der Waals surface area contributed by atoms with Gasteiger partial charge in [0.2, 0.25) is 0 Å². The number of rotatable bonds is 3. The molecule has 0 aromatic heterocycles. The van der Waals surface area contributed by atoms with Crippen molar-refractivity contribution in [1.29, 1.82) is 0 Å². The zero-order chi connectivity index (χ0) is 14.7. The first-order valence-corrected chi connectivity index (χ1v) is 6.24. The molecule has 2 rings (SSSR count). The van der Waals surface area contributed by atoms with Crippen LogP contribution in [0.15, 0.2) is 48.5 Å². The minimum absolute atomic E-state index is 0.0744. The molecule has 102 valence electrons. The summed E-state index contributed by atoms with van der Waals surface area (Å²) in [6.45, 7) is 0. The molecular weight excluding hydrogens is 278 g/mol. The van der Waals surface area contributed by atoms with Gasteiger partial charge in [-0.15, -0.1) is 0 Å². The molecule has 0 heterocycles. The summed E-state index contributed by atoms with van der Waals surface area (Å²) in [7, 11) is 1.53. The second-order valence-electron chi connectivity index (χ2n) is 4.20. The molecule has 2 aromatic carbocycles. The van der Waals surface area contributed by atoms with Gasteiger partial charge in [0, 0.05) is 17.6 Å². The second-order valence-corrected chi connectivity index (χ2v) is 4.63. The van der Waals surface area contributed by atoms with Crippen LogP contribution in [0.5, 0.6) is 0 Å². The smallest absolute Gasteiger partial charge is 0.337 e. The standard InChI is InChI=1S/C15H12ClNO3/c1-17(13-8-3-2-7-12(13)15(19)20)14(18)10-5-4-6-11(16)9-10/h2-9H,1H3,(H,19,20). The number of carboxylic acids is 1. The summed E-state index contributed by atoms with van der Waals surface area (Å²) in [5.74, 6) is -1.40. The van der Waals surface area contributed by atoms with Gasteiger partial charge in [-0.2, -0.15) is 0 Å². The molecule has 5 heteroatoms.